The molecular weight excluding hydrogens is 487 g/mol. The first-order chi connectivity index (χ1) is 17.4. The molecule has 194 valence electrons. The lowest BCUT2D eigenvalue weighted by atomic mass is 9.99. The van der Waals surface area contributed by atoms with Gasteiger partial charge in [0.05, 0.1) is 12.2 Å². The van der Waals surface area contributed by atoms with Gasteiger partial charge in [0, 0.05) is 0 Å². The van der Waals surface area contributed by atoms with Crippen LogP contribution in [0.15, 0.2) is 40.9 Å². The van der Waals surface area contributed by atoms with Crippen LogP contribution in [0, 0.1) is 5.82 Å². The molecule has 3 heterocycles. The van der Waals surface area contributed by atoms with Crippen LogP contribution < -0.4 is 9.47 Å². The van der Waals surface area contributed by atoms with Crippen molar-refractivity contribution >= 4 is 11.6 Å². The molecule has 0 aliphatic carbocycles. The van der Waals surface area contributed by atoms with Crippen LogP contribution in [0.4, 0.5) is 4.39 Å². The van der Waals surface area contributed by atoms with Crippen molar-refractivity contribution in [1.29, 1.82) is 0 Å². The number of hydrogen-bond acceptors (Lipinski definition) is 14. The SMILES string of the molecule is CO/N=C(/C1=NOCCO1)c1ccccc1Oc1ncnc(O[C@@H]2O[C@H](CO)[C@@H](O)[C@H](O)[C@H]2O)c1F. The number of halogens is 1. The molecule has 2 aliphatic rings. The maximum Gasteiger partial charge on any atom is 0.280 e. The molecule has 1 aromatic carbocycles. The van der Waals surface area contributed by atoms with E-state index in [9.17, 15) is 20.4 Å². The summed E-state index contributed by atoms with van der Waals surface area (Å²) in [6.45, 7) is -0.206. The number of para-hydroxylation sites is 1. The molecule has 0 radical (unpaired) electrons. The van der Waals surface area contributed by atoms with Crippen molar-refractivity contribution in [3.05, 3.63) is 42.0 Å². The Morgan fingerprint density at radius 2 is 1.89 bits per heavy atom. The van der Waals surface area contributed by atoms with Gasteiger partial charge < -0.3 is 49.0 Å². The minimum Gasteiger partial charge on any atom is -0.470 e. The number of aliphatic hydroxyl groups excluding tert-OH is 4. The van der Waals surface area contributed by atoms with Crippen LogP contribution in [0.5, 0.6) is 17.5 Å². The average Bonchev–Trinajstić information content (AvgIpc) is 2.90. The van der Waals surface area contributed by atoms with E-state index in [-0.39, 0.29) is 30.6 Å². The number of nitrogens with zero attached hydrogens (tertiary/aromatic N) is 4. The highest BCUT2D eigenvalue weighted by atomic mass is 19.1. The number of aliphatic hydroxyl groups is 4. The smallest absolute Gasteiger partial charge is 0.280 e. The molecule has 0 amide bonds. The molecule has 15 heteroatoms. The molecular formula is C21H23FN4O10. The van der Waals surface area contributed by atoms with E-state index >= 15 is 4.39 Å². The summed E-state index contributed by atoms with van der Waals surface area (Å²) < 4.78 is 36.9. The van der Waals surface area contributed by atoms with Gasteiger partial charge in [0.1, 0.15) is 50.2 Å². The maximum absolute atomic E-state index is 15.2. The van der Waals surface area contributed by atoms with E-state index < -0.39 is 54.9 Å². The van der Waals surface area contributed by atoms with Crippen LogP contribution >= 0.6 is 0 Å². The van der Waals surface area contributed by atoms with Crippen LogP contribution in [-0.2, 0) is 19.1 Å². The zero-order valence-corrected chi connectivity index (χ0v) is 18.8. The molecule has 2 aliphatic heterocycles. The topological polar surface area (TPSA) is 187 Å². The highest BCUT2D eigenvalue weighted by Crippen LogP contribution is 2.31. The van der Waals surface area contributed by atoms with Crippen molar-refractivity contribution in [2.45, 2.75) is 30.7 Å². The zero-order chi connectivity index (χ0) is 25.7. The van der Waals surface area contributed by atoms with Crippen LogP contribution in [-0.4, -0.2) is 99.6 Å². The maximum atomic E-state index is 15.2. The summed E-state index contributed by atoms with van der Waals surface area (Å²) in [4.78, 5) is 17.4. The second kappa shape index (κ2) is 11.4. The molecule has 0 saturated carbocycles. The van der Waals surface area contributed by atoms with Gasteiger partial charge in [-0.2, -0.15) is 14.4 Å². The Morgan fingerprint density at radius 1 is 1.11 bits per heavy atom. The molecule has 4 rings (SSSR count). The lowest BCUT2D eigenvalue weighted by Gasteiger charge is -2.39. The monoisotopic (exact) mass is 510 g/mol. The largest absolute Gasteiger partial charge is 0.470 e. The summed E-state index contributed by atoms with van der Waals surface area (Å²) in [5, 5.41) is 47.0. The van der Waals surface area contributed by atoms with E-state index in [0.717, 1.165) is 6.33 Å². The van der Waals surface area contributed by atoms with Gasteiger partial charge in [0.2, 0.25) is 12.1 Å². The Morgan fingerprint density at radius 3 is 2.61 bits per heavy atom. The van der Waals surface area contributed by atoms with Gasteiger partial charge in [-0.25, -0.2) is 0 Å². The molecule has 2 aromatic rings. The summed E-state index contributed by atoms with van der Waals surface area (Å²) >= 11 is 0. The predicted molar refractivity (Wildman–Crippen MR) is 116 cm³/mol. The number of benzene rings is 1. The van der Waals surface area contributed by atoms with Crippen LogP contribution in [0.3, 0.4) is 0 Å². The lowest BCUT2D eigenvalue weighted by molar-refractivity contribution is -0.278. The van der Waals surface area contributed by atoms with Gasteiger partial charge in [-0.1, -0.05) is 17.3 Å². The predicted octanol–water partition coefficient (Wildman–Crippen LogP) is -0.703. The lowest BCUT2D eigenvalue weighted by Crippen LogP contribution is -2.60. The van der Waals surface area contributed by atoms with Gasteiger partial charge >= 0.3 is 0 Å². The molecule has 1 fully saturated rings. The van der Waals surface area contributed by atoms with E-state index in [1.807, 2.05) is 0 Å². The van der Waals surface area contributed by atoms with Gasteiger partial charge in [-0.05, 0) is 17.3 Å². The normalized spacial score (nSPS) is 26.3. The highest BCUT2D eigenvalue weighted by molar-refractivity contribution is 6.45. The van der Waals surface area contributed by atoms with E-state index in [0.29, 0.717) is 5.56 Å². The summed E-state index contributed by atoms with van der Waals surface area (Å²) in [5.41, 5.74) is 0.415. The number of rotatable bonds is 8. The number of hydrogen-bond donors (Lipinski definition) is 4. The Hall–Kier alpha value is -3.63. The minimum atomic E-state index is -1.77. The third-order valence-corrected chi connectivity index (χ3v) is 5.10. The molecule has 36 heavy (non-hydrogen) atoms. The minimum absolute atomic E-state index is 0.0222. The quantitative estimate of drug-likeness (QED) is 0.259. The Labute approximate surface area is 203 Å². The molecule has 5 atom stereocenters. The zero-order valence-electron chi connectivity index (χ0n) is 18.8. The van der Waals surface area contributed by atoms with Gasteiger partial charge in [0.25, 0.3) is 17.7 Å². The number of aromatic nitrogens is 2. The molecule has 1 aromatic heterocycles. The van der Waals surface area contributed by atoms with Gasteiger partial charge in [-0.15, -0.1) is 0 Å². The third kappa shape index (κ3) is 5.29. The van der Waals surface area contributed by atoms with Crippen LogP contribution in [0.25, 0.3) is 0 Å². The number of oxime groups is 2. The second-order valence-corrected chi connectivity index (χ2v) is 7.41. The second-order valence-electron chi connectivity index (χ2n) is 7.41. The number of ether oxygens (including phenoxy) is 4. The van der Waals surface area contributed by atoms with E-state index in [1.165, 1.54) is 13.2 Å². The summed E-state index contributed by atoms with van der Waals surface area (Å²) in [7, 11) is 1.32. The van der Waals surface area contributed by atoms with E-state index in [4.69, 9.17) is 28.6 Å². The van der Waals surface area contributed by atoms with Crippen molar-refractivity contribution in [3.63, 3.8) is 0 Å². The molecule has 0 bridgehead atoms. The Kier molecular flexibility index (Phi) is 8.07. The van der Waals surface area contributed by atoms with Crippen molar-refractivity contribution in [1.82, 2.24) is 9.97 Å². The fourth-order valence-electron chi connectivity index (χ4n) is 3.33. The van der Waals surface area contributed by atoms with E-state index in [2.05, 4.69) is 20.3 Å². The summed E-state index contributed by atoms with van der Waals surface area (Å²) in [6.07, 6.45) is -7.08. The van der Waals surface area contributed by atoms with E-state index in [1.54, 1.807) is 18.2 Å². The summed E-state index contributed by atoms with van der Waals surface area (Å²) in [6, 6.07) is 6.39. The highest BCUT2D eigenvalue weighted by Gasteiger charge is 2.45. The van der Waals surface area contributed by atoms with Crippen molar-refractivity contribution in [2.75, 3.05) is 26.9 Å². The Bertz CT molecular complexity index is 1120. The van der Waals surface area contributed by atoms with Crippen LogP contribution in [0.1, 0.15) is 5.56 Å². The first-order valence-corrected chi connectivity index (χ1v) is 10.6. The molecule has 4 N–H and O–H groups in total. The van der Waals surface area contributed by atoms with Crippen LogP contribution in [0.2, 0.25) is 0 Å². The van der Waals surface area contributed by atoms with Gasteiger partial charge in [-0.3, -0.25) is 0 Å². The first-order valence-electron chi connectivity index (χ1n) is 10.6. The van der Waals surface area contributed by atoms with Crippen molar-refractivity contribution in [2.24, 2.45) is 10.3 Å². The standard InChI is InChI=1S/C21H23FN4O10/c1-31-25-14(20-26-33-7-6-32-20)10-4-2-3-5-11(10)34-18-13(22)19(24-9-23-18)36-21-17(30)16(29)15(28)12(8-27)35-21/h2-5,9,12,15-17,21,27-30H,6-8H2,1H3/b25-14+/t12-,15-,16+,17-,21+/m1/s1. The van der Waals surface area contributed by atoms with Gasteiger partial charge in [0.15, 0.2) is 12.3 Å². The Balaban J connectivity index is 1.60. The fourth-order valence-corrected chi connectivity index (χ4v) is 3.33. The average molecular weight is 510 g/mol. The molecule has 14 nitrogen and oxygen atoms in total. The van der Waals surface area contributed by atoms with Crippen molar-refractivity contribution in [3.8, 4) is 17.5 Å². The molecule has 1 saturated heterocycles. The fraction of sp³-hybridized carbons (Fsp3) is 0.429. The van der Waals surface area contributed by atoms with Crippen molar-refractivity contribution < 1.29 is 53.4 Å². The molecule has 0 spiro atoms. The third-order valence-electron chi connectivity index (χ3n) is 5.10. The summed E-state index contributed by atoms with van der Waals surface area (Å²) in [5.74, 6) is -2.29. The molecule has 0 unspecified atom stereocenters. The first kappa shape index (κ1) is 25.5.